The van der Waals surface area contributed by atoms with Gasteiger partial charge in [-0.1, -0.05) is 0 Å². The Kier molecular flexibility index (Phi) is 2.85. The van der Waals surface area contributed by atoms with E-state index in [0.29, 0.717) is 17.1 Å². The Morgan fingerprint density at radius 1 is 1.53 bits per heavy atom. The molecule has 0 saturated carbocycles. The zero-order valence-corrected chi connectivity index (χ0v) is 8.66. The van der Waals surface area contributed by atoms with E-state index < -0.39 is 4.92 Å². The molecule has 6 heteroatoms. The van der Waals surface area contributed by atoms with Crippen LogP contribution in [0.2, 0.25) is 0 Å². The molecule has 1 aromatic rings. The van der Waals surface area contributed by atoms with E-state index in [1.807, 2.05) is 6.07 Å². The number of nitro groups is 1. The van der Waals surface area contributed by atoms with Crippen LogP contribution in [0.4, 0.5) is 11.5 Å². The Bertz CT molecular complexity index is 462. The van der Waals surface area contributed by atoms with Crippen LogP contribution in [-0.2, 0) is 0 Å². The van der Waals surface area contributed by atoms with Crippen LogP contribution in [0.15, 0.2) is 0 Å². The number of anilines is 1. The first-order valence-electron chi connectivity index (χ1n) is 4.26. The maximum Gasteiger partial charge on any atom is 0.294 e. The van der Waals surface area contributed by atoms with Gasteiger partial charge in [0.15, 0.2) is 0 Å². The van der Waals surface area contributed by atoms with Crippen molar-refractivity contribution in [2.24, 2.45) is 0 Å². The van der Waals surface area contributed by atoms with Crippen LogP contribution in [0.1, 0.15) is 16.8 Å². The highest BCUT2D eigenvalue weighted by molar-refractivity contribution is 5.63. The third-order valence-corrected chi connectivity index (χ3v) is 2.12. The highest BCUT2D eigenvalue weighted by Crippen LogP contribution is 2.28. The largest absolute Gasteiger partial charge is 0.372 e. The number of pyridine rings is 1. The molecule has 0 aliphatic heterocycles. The van der Waals surface area contributed by atoms with Gasteiger partial charge in [-0.25, -0.2) is 4.98 Å². The predicted octanol–water partition coefficient (Wildman–Crippen LogP) is 1.52. The lowest BCUT2D eigenvalue weighted by Gasteiger charge is -2.07. The molecule has 0 spiro atoms. The Balaban J connectivity index is 3.61. The molecule has 1 N–H and O–H groups in total. The number of aromatic nitrogens is 1. The van der Waals surface area contributed by atoms with Gasteiger partial charge in [-0.15, -0.1) is 0 Å². The van der Waals surface area contributed by atoms with Crippen molar-refractivity contribution in [3.05, 3.63) is 26.9 Å². The monoisotopic (exact) mass is 206 g/mol. The van der Waals surface area contributed by atoms with Crippen LogP contribution < -0.4 is 5.32 Å². The van der Waals surface area contributed by atoms with Crippen molar-refractivity contribution >= 4 is 11.5 Å². The van der Waals surface area contributed by atoms with E-state index >= 15 is 0 Å². The van der Waals surface area contributed by atoms with Crippen molar-refractivity contribution < 1.29 is 4.92 Å². The second-order valence-corrected chi connectivity index (χ2v) is 3.01. The molecular weight excluding hydrogens is 196 g/mol. The first kappa shape index (κ1) is 10.9. The number of rotatable bonds is 2. The molecule has 0 aliphatic carbocycles. The lowest BCUT2D eigenvalue weighted by molar-refractivity contribution is -0.386. The molecule has 0 aliphatic rings. The van der Waals surface area contributed by atoms with Crippen molar-refractivity contribution in [3.63, 3.8) is 0 Å². The van der Waals surface area contributed by atoms with Gasteiger partial charge >= 0.3 is 0 Å². The van der Waals surface area contributed by atoms with E-state index in [0.717, 1.165) is 0 Å². The highest BCUT2D eigenvalue weighted by atomic mass is 16.6. The summed E-state index contributed by atoms with van der Waals surface area (Å²) in [7, 11) is 1.62. The third kappa shape index (κ3) is 1.72. The summed E-state index contributed by atoms with van der Waals surface area (Å²) in [5.74, 6) is 0.373. The normalized spacial score (nSPS) is 9.47. The maximum atomic E-state index is 10.7. The van der Waals surface area contributed by atoms with E-state index in [-0.39, 0.29) is 11.3 Å². The fourth-order valence-corrected chi connectivity index (χ4v) is 1.43. The van der Waals surface area contributed by atoms with Crippen LogP contribution in [0.5, 0.6) is 0 Å². The number of nitriles is 1. The predicted molar refractivity (Wildman–Crippen MR) is 54.6 cm³/mol. The van der Waals surface area contributed by atoms with Crippen LogP contribution in [-0.4, -0.2) is 17.0 Å². The molecule has 0 fully saturated rings. The van der Waals surface area contributed by atoms with E-state index in [1.54, 1.807) is 20.9 Å². The molecule has 0 amide bonds. The van der Waals surface area contributed by atoms with E-state index in [2.05, 4.69) is 10.3 Å². The lowest BCUT2D eigenvalue weighted by Crippen LogP contribution is -2.05. The van der Waals surface area contributed by atoms with Crippen LogP contribution >= 0.6 is 0 Å². The smallest absolute Gasteiger partial charge is 0.294 e. The number of nitrogens with one attached hydrogen (secondary N) is 1. The second kappa shape index (κ2) is 3.92. The standard InChI is InChI=1S/C9H10N4O2/c1-5-7(4-10)9(11-3)12-6(2)8(5)13(14)15/h1-3H3,(H,11,12). The van der Waals surface area contributed by atoms with E-state index in [1.165, 1.54) is 0 Å². The summed E-state index contributed by atoms with van der Waals surface area (Å²) in [4.78, 5) is 14.2. The quantitative estimate of drug-likeness (QED) is 0.585. The molecule has 15 heavy (non-hydrogen) atoms. The Morgan fingerprint density at radius 3 is 2.53 bits per heavy atom. The summed E-state index contributed by atoms with van der Waals surface area (Å²) in [6, 6.07) is 1.91. The summed E-state index contributed by atoms with van der Waals surface area (Å²) < 4.78 is 0. The van der Waals surface area contributed by atoms with Crippen LogP contribution in [0, 0.1) is 35.3 Å². The van der Waals surface area contributed by atoms with Gasteiger partial charge in [0.25, 0.3) is 5.69 Å². The molecule has 0 atom stereocenters. The van der Waals surface area contributed by atoms with Gasteiger partial charge in [0.1, 0.15) is 23.1 Å². The Morgan fingerprint density at radius 2 is 2.13 bits per heavy atom. The Labute approximate surface area is 86.7 Å². The van der Waals surface area contributed by atoms with E-state index in [9.17, 15) is 10.1 Å². The minimum Gasteiger partial charge on any atom is -0.372 e. The molecule has 6 nitrogen and oxygen atoms in total. The topological polar surface area (TPSA) is 91.8 Å². The fraction of sp³-hybridized carbons (Fsp3) is 0.333. The van der Waals surface area contributed by atoms with Crippen molar-refractivity contribution in [1.29, 1.82) is 5.26 Å². The summed E-state index contributed by atoms with van der Waals surface area (Å²) in [5.41, 5.74) is 0.778. The summed E-state index contributed by atoms with van der Waals surface area (Å²) in [6.07, 6.45) is 0. The van der Waals surface area contributed by atoms with Crippen molar-refractivity contribution in [2.75, 3.05) is 12.4 Å². The van der Waals surface area contributed by atoms with Gasteiger partial charge in [-0.3, -0.25) is 10.1 Å². The first-order chi connectivity index (χ1) is 7.02. The Hall–Kier alpha value is -2.16. The first-order valence-corrected chi connectivity index (χ1v) is 4.26. The van der Waals surface area contributed by atoms with Gasteiger partial charge in [0.2, 0.25) is 0 Å². The second-order valence-electron chi connectivity index (χ2n) is 3.01. The number of hydrogen-bond donors (Lipinski definition) is 1. The SMILES string of the molecule is CNc1nc(C)c([N+](=O)[O-])c(C)c1C#N. The zero-order chi connectivity index (χ0) is 11.6. The molecule has 0 unspecified atom stereocenters. The summed E-state index contributed by atoms with van der Waals surface area (Å²) in [5, 5.41) is 22.4. The van der Waals surface area contributed by atoms with Gasteiger partial charge in [0.05, 0.1) is 10.5 Å². The molecule has 1 aromatic heterocycles. The minimum atomic E-state index is -0.516. The average molecular weight is 206 g/mol. The summed E-state index contributed by atoms with van der Waals surface area (Å²) in [6.45, 7) is 3.10. The fourth-order valence-electron chi connectivity index (χ4n) is 1.43. The molecule has 0 saturated heterocycles. The third-order valence-electron chi connectivity index (χ3n) is 2.12. The maximum absolute atomic E-state index is 10.7. The van der Waals surface area contributed by atoms with Gasteiger partial charge in [0, 0.05) is 7.05 Å². The molecule has 0 radical (unpaired) electrons. The van der Waals surface area contributed by atoms with Crippen molar-refractivity contribution in [3.8, 4) is 6.07 Å². The number of hydrogen-bond acceptors (Lipinski definition) is 5. The summed E-state index contributed by atoms with van der Waals surface area (Å²) >= 11 is 0. The molecule has 1 heterocycles. The van der Waals surface area contributed by atoms with Crippen LogP contribution in [0.3, 0.4) is 0 Å². The molecule has 1 rings (SSSR count). The van der Waals surface area contributed by atoms with Crippen molar-refractivity contribution in [1.82, 2.24) is 4.98 Å². The number of nitrogens with zero attached hydrogens (tertiary/aromatic N) is 3. The number of aryl methyl sites for hydroxylation is 1. The van der Waals surface area contributed by atoms with Gasteiger partial charge in [-0.05, 0) is 13.8 Å². The van der Waals surface area contributed by atoms with Gasteiger partial charge in [-0.2, -0.15) is 5.26 Å². The molecule has 78 valence electrons. The zero-order valence-electron chi connectivity index (χ0n) is 8.66. The van der Waals surface area contributed by atoms with Crippen molar-refractivity contribution in [2.45, 2.75) is 13.8 Å². The molecular formula is C9H10N4O2. The van der Waals surface area contributed by atoms with E-state index in [4.69, 9.17) is 5.26 Å². The minimum absolute atomic E-state index is 0.0921. The van der Waals surface area contributed by atoms with Crippen LogP contribution in [0.25, 0.3) is 0 Å². The lowest BCUT2D eigenvalue weighted by atomic mass is 10.1. The highest BCUT2D eigenvalue weighted by Gasteiger charge is 2.22. The van der Waals surface area contributed by atoms with Gasteiger partial charge < -0.3 is 5.32 Å². The average Bonchev–Trinajstić information content (AvgIpc) is 2.16. The molecule has 0 aromatic carbocycles. The molecule has 0 bridgehead atoms.